The first-order valence-corrected chi connectivity index (χ1v) is 7.88. The van der Waals surface area contributed by atoms with Gasteiger partial charge in [0.1, 0.15) is 0 Å². The molecule has 1 aliphatic heterocycles. The molecule has 1 aliphatic rings. The molecule has 0 radical (unpaired) electrons. The van der Waals surface area contributed by atoms with Crippen LogP contribution in [-0.4, -0.2) is 38.0 Å². The second-order valence-corrected chi connectivity index (χ2v) is 6.22. The molecule has 0 bridgehead atoms. The molecule has 0 saturated carbocycles. The highest BCUT2D eigenvalue weighted by molar-refractivity contribution is 5.90. The van der Waals surface area contributed by atoms with Crippen LogP contribution < -0.4 is 10.6 Å². The lowest BCUT2D eigenvalue weighted by molar-refractivity contribution is -0.116. The molecule has 116 valence electrons. The van der Waals surface area contributed by atoms with Gasteiger partial charge in [0.15, 0.2) is 0 Å². The van der Waals surface area contributed by atoms with Crippen molar-refractivity contribution in [1.82, 2.24) is 10.2 Å². The van der Waals surface area contributed by atoms with Crippen molar-refractivity contribution in [3.8, 4) is 0 Å². The lowest BCUT2D eigenvalue weighted by Gasteiger charge is -2.22. The number of piperidine rings is 1. The maximum atomic E-state index is 12.1. The minimum Gasteiger partial charge on any atom is -0.326 e. The number of carbonyl (C=O) groups excluding carboxylic acids is 1. The number of hydrogen-bond donors (Lipinski definition) is 2. The number of anilines is 1. The molecule has 0 atom stereocenters. The van der Waals surface area contributed by atoms with Crippen LogP contribution in [0.25, 0.3) is 0 Å². The fraction of sp³-hybridized carbons (Fsp3) is 0.588. The quantitative estimate of drug-likeness (QED) is 0.845. The standard InChI is InChI=1S/C17H27N3O/c1-20(2)13-15-4-3-5-16(12-15)19-17(21)7-6-14-8-10-18-11-9-14/h3-5,12,14,18H,6-11,13H2,1-2H3,(H,19,21). The van der Waals surface area contributed by atoms with Gasteiger partial charge in [0, 0.05) is 18.7 Å². The van der Waals surface area contributed by atoms with E-state index in [9.17, 15) is 4.79 Å². The van der Waals surface area contributed by atoms with Crippen LogP contribution in [0.5, 0.6) is 0 Å². The van der Waals surface area contributed by atoms with Crippen molar-refractivity contribution in [2.75, 3.05) is 32.5 Å². The predicted molar refractivity (Wildman–Crippen MR) is 87.3 cm³/mol. The third kappa shape index (κ3) is 5.86. The molecule has 0 unspecified atom stereocenters. The van der Waals surface area contributed by atoms with Crippen molar-refractivity contribution in [1.29, 1.82) is 0 Å². The molecular formula is C17H27N3O. The Balaban J connectivity index is 1.78. The molecule has 1 aromatic rings. The van der Waals surface area contributed by atoms with E-state index in [0.717, 1.165) is 31.7 Å². The number of rotatable bonds is 6. The first kappa shape index (κ1) is 16.0. The van der Waals surface area contributed by atoms with Gasteiger partial charge >= 0.3 is 0 Å². The van der Waals surface area contributed by atoms with E-state index in [1.54, 1.807) is 0 Å². The van der Waals surface area contributed by atoms with Gasteiger partial charge in [0.2, 0.25) is 5.91 Å². The summed E-state index contributed by atoms with van der Waals surface area (Å²) >= 11 is 0. The van der Waals surface area contributed by atoms with E-state index < -0.39 is 0 Å². The fourth-order valence-corrected chi connectivity index (χ4v) is 2.84. The second-order valence-electron chi connectivity index (χ2n) is 6.22. The van der Waals surface area contributed by atoms with Gasteiger partial charge in [-0.05, 0) is 70.1 Å². The molecule has 0 spiro atoms. The third-order valence-corrected chi connectivity index (χ3v) is 3.95. The zero-order valence-electron chi connectivity index (χ0n) is 13.2. The van der Waals surface area contributed by atoms with Gasteiger partial charge in [-0.25, -0.2) is 0 Å². The maximum Gasteiger partial charge on any atom is 0.224 e. The lowest BCUT2D eigenvalue weighted by atomic mass is 9.93. The van der Waals surface area contributed by atoms with Crippen molar-refractivity contribution in [3.05, 3.63) is 29.8 Å². The molecule has 4 heteroatoms. The molecule has 1 heterocycles. The summed E-state index contributed by atoms with van der Waals surface area (Å²) in [6.45, 7) is 3.08. The van der Waals surface area contributed by atoms with Crippen LogP contribution in [-0.2, 0) is 11.3 Å². The molecule has 1 fully saturated rings. The highest BCUT2D eigenvalue weighted by Gasteiger charge is 2.14. The van der Waals surface area contributed by atoms with Gasteiger partial charge in [0.05, 0.1) is 0 Å². The van der Waals surface area contributed by atoms with Gasteiger partial charge < -0.3 is 15.5 Å². The number of amides is 1. The zero-order valence-corrected chi connectivity index (χ0v) is 13.2. The summed E-state index contributed by atoms with van der Waals surface area (Å²) in [5.41, 5.74) is 2.13. The maximum absolute atomic E-state index is 12.1. The van der Waals surface area contributed by atoms with E-state index in [2.05, 4.69) is 27.7 Å². The lowest BCUT2D eigenvalue weighted by Crippen LogP contribution is -2.28. The average Bonchev–Trinajstić information content (AvgIpc) is 2.46. The second kappa shape index (κ2) is 8.15. The van der Waals surface area contributed by atoms with Gasteiger partial charge in [-0.1, -0.05) is 12.1 Å². The summed E-state index contributed by atoms with van der Waals surface area (Å²) in [7, 11) is 4.09. The van der Waals surface area contributed by atoms with Crippen LogP contribution in [0.15, 0.2) is 24.3 Å². The summed E-state index contributed by atoms with van der Waals surface area (Å²) in [4.78, 5) is 14.2. The van der Waals surface area contributed by atoms with Crippen LogP contribution in [0, 0.1) is 5.92 Å². The van der Waals surface area contributed by atoms with Crippen molar-refractivity contribution in [3.63, 3.8) is 0 Å². The SMILES string of the molecule is CN(C)Cc1cccc(NC(=O)CCC2CCNCC2)c1. The monoisotopic (exact) mass is 289 g/mol. The first-order chi connectivity index (χ1) is 10.1. The number of hydrogen-bond acceptors (Lipinski definition) is 3. The first-order valence-electron chi connectivity index (χ1n) is 7.88. The predicted octanol–water partition coefficient (Wildman–Crippen LogP) is 2.47. The highest BCUT2D eigenvalue weighted by Crippen LogP contribution is 2.18. The average molecular weight is 289 g/mol. The summed E-state index contributed by atoms with van der Waals surface area (Å²) in [6, 6.07) is 8.11. The van der Waals surface area contributed by atoms with E-state index >= 15 is 0 Å². The Hall–Kier alpha value is -1.39. The van der Waals surface area contributed by atoms with E-state index in [0.29, 0.717) is 12.3 Å². The number of nitrogens with one attached hydrogen (secondary N) is 2. The molecule has 2 rings (SSSR count). The van der Waals surface area contributed by atoms with Gasteiger partial charge in [-0.3, -0.25) is 4.79 Å². The zero-order chi connectivity index (χ0) is 15.1. The van der Waals surface area contributed by atoms with Crippen molar-refractivity contribution < 1.29 is 4.79 Å². The molecule has 1 amide bonds. The van der Waals surface area contributed by atoms with Crippen LogP contribution in [0.2, 0.25) is 0 Å². The molecular weight excluding hydrogens is 262 g/mol. The van der Waals surface area contributed by atoms with Crippen LogP contribution in [0.1, 0.15) is 31.2 Å². The Kier molecular flexibility index (Phi) is 6.21. The van der Waals surface area contributed by atoms with Crippen LogP contribution >= 0.6 is 0 Å². The Morgan fingerprint density at radius 2 is 2.10 bits per heavy atom. The molecule has 21 heavy (non-hydrogen) atoms. The normalized spacial score (nSPS) is 16.1. The number of benzene rings is 1. The number of carbonyl (C=O) groups is 1. The minimum absolute atomic E-state index is 0.135. The van der Waals surface area contributed by atoms with Crippen molar-refractivity contribution >= 4 is 11.6 Å². The van der Waals surface area contributed by atoms with Gasteiger partial charge in [-0.2, -0.15) is 0 Å². The summed E-state index contributed by atoms with van der Waals surface area (Å²) in [6.07, 6.45) is 4.03. The molecule has 0 aromatic heterocycles. The van der Waals surface area contributed by atoms with E-state index in [-0.39, 0.29) is 5.91 Å². The fourth-order valence-electron chi connectivity index (χ4n) is 2.84. The van der Waals surface area contributed by atoms with E-state index in [1.807, 2.05) is 26.2 Å². The molecule has 4 nitrogen and oxygen atoms in total. The molecule has 1 saturated heterocycles. The minimum atomic E-state index is 0.135. The Labute approximate surface area is 127 Å². The molecule has 1 aromatic carbocycles. The van der Waals surface area contributed by atoms with Gasteiger partial charge in [0.25, 0.3) is 0 Å². The molecule has 0 aliphatic carbocycles. The van der Waals surface area contributed by atoms with E-state index in [1.165, 1.54) is 18.4 Å². The largest absolute Gasteiger partial charge is 0.326 e. The van der Waals surface area contributed by atoms with E-state index in [4.69, 9.17) is 0 Å². The molecule has 2 N–H and O–H groups in total. The smallest absolute Gasteiger partial charge is 0.224 e. The van der Waals surface area contributed by atoms with Gasteiger partial charge in [-0.15, -0.1) is 0 Å². The van der Waals surface area contributed by atoms with Crippen molar-refractivity contribution in [2.45, 2.75) is 32.2 Å². The van der Waals surface area contributed by atoms with Crippen LogP contribution in [0.4, 0.5) is 5.69 Å². The highest BCUT2D eigenvalue weighted by atomic mass is 16.1. The van der Waals surface area contributed by atoms with Crippen LogP contribution in [0.3, 0.4) is 0 Å². The Morgan fingerprint density at radius 3 is 2.81 bits per heavy atom. The third-order valence-electron chi connectivity index (χ3n) is 3.95. The number of nitrogens with zero attached hydrogens (tertiary/aromatic N) is 1. The summed E-state index contributed by atoms with van der Waals surface area (Å²) < 4.78 is 0. The topological polar surface area (TPSA) is 44.4 Å². The Morgan fingerprint density at radius 1 is 1.33 bits per heavy atom. The summed E-state index contributed by atoms with van der Waals surface area (Å²) in [5, 5.41) is 6.38. The summed E-state index contributed by atoms with van der Waals surface area (Å²) in [5.74, 6) is 0.840. The van der Waals surface area contributed by atoms with Crippen molar-refractivity contribution in [2.24, 2.45) is 5.92 Å². The Bertz CT molecular complexity index is 453.